The summed E-state index contributed by atoms with van der Waals surface area (Å²) in [6.07, 6.45) is -1.13. The van der Waals surface area contributed by atoms with Crippen LogP contribution in [0.3, 0.4) is 0 Å². The number of benzene rings is 1. The van der Waals surface area contributed by atoms with Crippen LogP contribution in [0.25, 0.3) is 0 Å². The van der Waals surface area contributed by atoms with E-state index in [1.54, 1.807) is 6.92 Å². The Morgan fingerprint density at radius 2 is 1.93 bits per heavy atom. The predicted octanol–water partition coefficient (Wildman–Crippen LogP) is 2.50. The fourth-order valence-electron chi connectivity index (χ4n) is 0.811. The Bertz CT molecular complexity index is 319. The van der Waals surface area contributed by atoms with Gasteiger partial charge in [0, 0.05) is 0 Å². The van der Waals surface area contributed by atoms with Crippen LogP contribution < -0.4 is 4.74 Å². The first kappa shape index (κ1) is 10.4. The Morgan fingerprint density at radius 1 is 1.36 bits per heavy atom. The maximum atomic E-state index is 12.9. The van der Waals surface area contributed by atoms with Crippen LogP contribution in [0.5, 0.6) is 5.75 Å². The Morgan fingerprint density at radius 3 is 2.43 bits per heavy atom. The molecule has 0 heterocycles. The third-order valence-electron chi connectivity index (χ3n) is 1.37. The van der Waals surface area contributed by atoms with Crippen LogP contribution in [0, 0.1) is 11.6 Å². The van der Waals surface area contributed by atoms with Gasteiger partial charge < -0.3 is 9.47 Å². The number of carbonyl (C=O) groups is 1. The van der Waals surface area contributed by atoms with Gasteiger partial charge in [0.1, 0.15) is 0 Å². The summed E-state index contributed by atoms with van der Waals surface area (Å²) in [5.74, 6) is -2.64. The van der Waals surface area contributed by atoms with E-state index in [1.807, 2.05) is 0 Å². The van der Waals surface area contributed by atoms with Gasteiger partial charge in [0.25, 0.3) is 0 Å². The maximum absolute atomic E-state index is 12.9. The number of rotatable bonds is 2. The molecule has 0 unspecified atom stereocenters. The van der Waals surface area contributed by atoms with E-state index in [0.717, 1.165) is 12.1 Å². The lowest BCUT2D eigenvalue weighted by Gasteiger charge is -2.05. The van der Waals surface area contributed by atoms with Crippen LogP contribution in [-0.4, -0.2) is 12.8 Å². The van der Waals surface area contributed by atoms with Crippen molar-refractivity contribution >= 4 is 6.16 Å². The normalized spacial score (nSPS) is 9.64. The van der Waals surface area contributed by atoms with Crippen LogP contribution in [0.2, 0.25) is 0 Å². The van der Waals surface area contributed by atoms with Gasteiger partial charge in [-0.3, -0.25) is 0 Å². The van der Waals surface area contributed by atoms with Crippen LogP contribution in [0.1, 0.15) is 6.92 Å². The molecule has 0 aliphatic carbocycles. The Hall–Kier alpha value is -1.65. The van der Waals surface area contributed by atoms with Crippen molar-refractivity contribution in [2.24, 2.45) is 0 Å². The molecule has 14 heavy (non-hydrogen) atoms. The molecule has 1 aromatic carbocycles. The summed E-state index contributed by atoms with van der Waals surface area (Å²) >= 11 is 0. The third kappa shape index (κ3) is 2.42. The van der Waals surface area contributed by atoms with Crippen molar-refractivity contribution in [3.8, 4) is 5.75 Å². The van der Waals surface area contributed by atoms with Gasteiger partial charge in [-0.2, -0.15) is 0 Å². The lowest BCUT2D eigenvalue weighted by molar-refractivity contribution is 0.101. The molecule has 0 bridgehead atoms. The van der Waals surface area contributed by atoms with Crippen molar-refractivity contribution in [2.45, 2.75) is 6.92 Å². The van der Waals surface area contributed by atoms with Crippen molar-refractivity contribution in [1.82, 2.24) is 0 Å². The molecule has 0 aromatic heterocycles. The summed E-state index contributed by atoms with van der Waals surface area (Å²) in [5, 5.41) is 0. The number of para-hydroxylation sites is 1. The molecule has 0 saturated heterocycles. The molecule has 0 aliphatic heterocycles. The lowest BCUT2D eigenvalue weighted by atomic mass is 10.3. The van der Waals surface area contributed by atoms with Crippen LogP contribution >= 0.6 is 0 Å². The quantitative estimate of drug-likeness (QED) is 0.546. The van der Waals surface area contributed by atoms with E-state index in [-0.39, 0.29) is 6.61 Å². The molecule has 76 valence electrons. The largest absolute Gasteiger partial charge is 0.514 e. The average Bonchev–Trinajstić information content (AvgIpc) is 2.12. The number of carbonyl (C=O) groups excluding carboxylic acids is 1. The van der Waals surface area contributed by atoms with E-state index in [0.29, 0.717) is 0 Å². The molecule has 5 heteroatoms. The van der Waals surface area contributed by atoms with Gasteiger partial charge in [0.15, 0.2) is 11.6 Å². The number of hydrogen-bond donors (Lipinski definition) is 0. The van der Waals surface area contributed by atoms with Crippen molar-refractivity contribution in [1.29, 1.82) is 0 Å². The number of halogens is 2. The molecule has 1 aromatic rings. The predicted molar refractivity (Wildman–Crippen MR) is 44.0 cm³/mol. The second-order valence-corrected chi connectivity index (χ2v) is 2.34. The van der Waals surface area contributed by atoms with E-state index < -0.39 is 23.5 Å². The molecule has 0 N–H and O–H groups in total. The minimum Gasteiger partial charge on any atom is -0.434 e. The van der Waals surface area contributed by atoms with Gasteiger partial charge in [0.2, 0.25) is 5.75 Å². The third-order valence-corrected chi connectivity index (χ3v) is 1.37. The molecule has 3 nitrogen and oxygen atoms in total. The van der Waals surface area contributed by atoms with Crippen molar-refractivity contribution < 1.29 is 23.0 Å². The van der Waals surface area contributed by atoms with Gasteiger partial charge in [-0.1, -0.05) is 6.07 Å². The highest BCUT2D eigenvalue weighted by Crippen LogP contribution is 2.21. The first-order chi connectivity index (χ1) is 6.65. The first-order valence-electron chi connectivity index (χ1n) is 3.93. The Labute approximate surface area is 79.2 Å². The topological polar surface area (TPSA) is 35.5 Å². The van der Waals surface area contributed by atoms with Crippen LogP contribution in [0.15, 0.2) is 18.2 Å². The maximum Gasteiger partial charge on any atom is 0.514 e. The summed E-state index contributed by atoms with van der Waals surface area (Å²) in [6.45, 7) is 1.63. The molecule has 0 saturated carbocycles. The van der Waals surface area contributed by atoms with E-state index >= 15 is 0 Å². The monoisotopic (exact) mass is 202 g/mol. The molecule has 0 fully saturated rings. The van der Waals surface area contributed by atoms with Gasteiger partial charge in [-0.15, -0.1) is 0 Å². The second-order valence-electron chi connectivity index (χ2n) is 2.34. The van der Waals surface area contributed by atoms with Gasteiger partial charge >= 0.3 is 6.16 Å². The SMILES string of the molecule is CCOC(=O)Oc1c(F)cccc1F. The van der Waals surface area contributed by atoms with Gasteiger partial charge in [-0.05, 0) is 19.1 Å². The average molecular weight is 202 g/mol. The molecule has 0 aliphatic rings. The van der Waals surface area contributed by atoms with Gasteiger partial charge in [-0.25, -0.2) is 13.6 Å². The Balaban J connectivity index is 2.80. The molecule has 0 spiro atoms. The van der Waals surface area contributed by atoms with Crippen LogP contribution in [-0.2, 0) is 4.74 Å². The minimum atomic E-state index is -1.13. The van der Waals surface area contributed by atoms with E-state index in [2.05, 4.69) is 9.47 Å². The smallest absolute Gasteiger partial charge is 0.434 e. The zero-order chi connectivity index (χ0) is 10.6. The molecule has 0 atom stereocenters. The second kappa shape index (κ2) is 4.55. The van der Waals surface area contributed by atoms with Gasteiger partial charge in [0.05, 0.1) is 6.61 Å². The van der Waals surface area contributed by atoms with Crippen molar-refractivity contribution in [2.75, 3.05) is 6.61 Å². The highest BCUT2D eigenvalue weighted by molar-refractivity contribution is 5.63. The van der Waals surface area contributed by atoms with Crippen molar-refractivity contribution in [3.63, 3.8) is 0 Å². The molecular formula is C9H8F2O3. The zero-order valence-corrected chi connectivity index (χ0v) is 7.42. The molecule has 0 amide bonds. The fraction of sp³-hybridized carbons (Fsp3) is 0.222. The summed E-state index contributed by atoms with van der Waals surface area (Å²) in [7, 11) is 0. The molecule has 0 radical (unpaired) electrons. The highest BCUT2D eigenvalue weighted by Gasteiger charge is 2.14. The summed E-state index contributed by atoms with van der Waals surface area (Å²) in [5.41, 5.74) is 0. The zero-order valence-electron chi connectivity index (χ0n) is 7.42. The van der Waals surface area contributed by atoms with Crippen molar-refractivity contribution in [3.05, 3.63) is 29.8 Å². The highest BCUT2D eigenvalue weighted by atomic mass is 19.1. The number of hydrogen-bond acceptors (Lipinski definition) is 3. The summed E-state index contributed by atoms with van der Waals surface area (Å²) in [4.78, 5) is 10.7. The molecule has 1 rings (SSSR count). The van der Waals surface area contributed by atoms with E-state index in [9.17, 15) is 13.6 Å². The first-order valence-corrected chi connectivity index (χ1v) is 3.93. The lowest BCUT2D eigenvalue weighted by Crippen LogP contribution is -2.12. The summed E-state index contributed by atoms with van der Waals surface area (Å²) in [6, 6.07) is 3.14. The van der Waals surface area contributed by atoms with E-state index in [1.165, 1.54) is 6.07 Å². The minimum absolute atomic E-state index is 0.0783. The van der Waals surface area contributed by atoms with E-state index in [4.69, 9.17) is 0 Å². The summed E-state index contributed by atoms with van der Waals surface area (Å²) < 4.78 is 34.4. The number of ether oxygens (including phenoxy) is 2. The Kier molecular flexibility index (Phi) is 3.39. The van der Waals surface area contributed by atoms with Crippen LogP contribution in [0.4, 0.5) is 13.6 Å². The fourth-order valence-corrected chi connectivity index (χ4v) is 0.811. The standard InChI is InChI=1S/C9H8F2O3/c1-2-13-9(12)14-8-6(10)4-3-5-7(8)11/h3-5H,2H2,1H3. The molecular weight excluding hydrogens is 194 g/mol.